The molecule has 0 aliphatic rings. The highest BCUT2D eigenvalue weighted by Crippen LogP contribution is 2.21. The van der Waals surface area contributed by atoms with Crippen molar-refractivity contribution in [2.75, 3.05) is 0 Å². The fourth-order valence-corrected chi connectivity index (χ4v) is 2.18. The molecule has 1 rings (SSSR count). The molecule has 4 heteroatoms. The lowest BCUT2D eigenvalue weighted by Crippen LogP contribution is -1.97. The second kappa shape index (κ2) is 2.77. The molecule has 0 spiro atoms. The summed E-state index contributed by atoms with van der Waals surface area (Å²) >= 11 is 4.89. The van der Waals surface area contributed by atoms with E-state index in [0.717, 1.165) is 9.61 Å². The lowest BCUT2D eigenvalue weighted by Gasteiger charge is -1.86. The van der Waals surface area contributed by atoms with Crippen LogP contribution in [0.15, 0.2) is 3.92 Å². The molecular formula is C5H7BrN2S. The Labute approximate surface area is 66.2 Å². The number of rotatable bonds is 1. The number of nitrogens with two attached hydrogens (primary N) is 1. The minimum Gasteiger partial charge on any atom is -0.325 e. The van der Waals surface area contributed by atoms with Gasteiger partial charge in [0.1, 0.15) is 0 Å². The fraction of sp³-hybridized carbons (Fsp3) is 0.400. The van der Waals surface area contributed by atoms with Gasteiger partial charge in [0, 0.05) is 11.4 Å². The first-order valence-corrected chi connectivity index (χ1v) is 4.17. The lowest BCUT2D eigenvalue weighted by molar-refractivity contribution is 0.991. The Morgan fingerprint density at radius 1 is 1.78 bits per heavy atom. The molecule has 50 valence electrons. The Bertz CT molecular complexity index is 209. The molecule has 0 radical (unpaired) electrons. The summed E-state index contributed by atoms with van der Waals surface area (Å²) in [6, 6.07) is 0. The van der Waals surface area contributed by atoms with E-state index >= 15 is 0 Å². The largest absolute Gasteiger partial charge is 0.325 e. The van der Waals surface area contributed by atoms with Crippen molar-refractivity contribution < 1.29 is 0 Å². The molecule has 0 atom stereocenters. The van der Waals surface area contributed by atoms with E-state index in [9.17, 15) is 0 Å². The third-order valence-corrected chi connectivity index (χ3v) is 2.52. The SMILES string of the molecule is Cc1sc(Br)nc1CN. The maximum absolute atomic E-state index is 5.39. The van der Waals surface area contributed by atoms with Crippen molar-refractivity contribution in [2.24, 2.45) is 5.73 Å². The molecule has 1 aromatic rings. The van der Waals surface area contributed by atoms with E-state index in [4.69, 9.17) is 5.73 Å². The van der Waals surface area contributed by atoms with Gasteiger partial charge < -0.3 is 5.73 Å². The van der Waals surface area contributed by atoms with E-state index < -0.39 is 0 Å². The number of hydrogen-bond donors (Lipinski definition) is 1. The molecule has 0 unspecified atom stereocenters. The van der Waals surface area contributed by atoms with E-state index in [1.165, 1.54) is 4.88 Å². The second-order valence-electron chi connectivity index (χ2n) is 1.67. The predicted octanol–water partition coefficient (Wildman–Crippen LogP) is 1.67. The number of nitrogens with zero attached hydrogens (tertiary/aromatic N) is 1. The molecule has 0 aliphatic carbocycles. The van der Waals surface area contributed by atoms with Crippen molar-refractivity contribution in [2.45, 2.75) is 13.5 Å². The Morgan fingerprint density at radius 2 is 2.44 bits per heavy atom. The van der Waals surface area contributed by atoms with Crippen LogP contribution in [0.4, 0.5) is 0 Å². The third kappa shape index (κ3) is 1.50. The van der Waals surface area contributed by atoms with E-state index in [1.54, 1.807) is 11.3 Å². The van der Waals surface area contributed by atoms with Crippen molar-refractivity contribution in [1.82, 2.24) is 4.98 Å². The summed E-state index contributed by atoms with van der Waals surface area (Å²) in [6.07, 6.45) is 0. The molecule has 2 nitrogen and oxygen atoms in total. The van der Waals surface area contributed by atoms with Crippen LogP contribution < -0.4 is 5.73 Å². The number of thiazole rings is 1. The molecule has 9 heavy (non-hydrogen) atoms. The van der Waals surface area contributed by atoms with Gasteiger partial charge in [-0.1, -0.05) is 0 Å². The average Bonchev–Trinajstić information content (AvgIpc) is 2.10. The summed E-state index contributed by atoms with van der Waals surface area (Å²) in [5.74, 6) is 0. The number of hydrogen-bond acceptors (Lipinski definition) is 3. The Balaban J connectivity index is 3.01. The molecule has 1 aromatic heterocycles. The Morgan fingerprint density at radius 3 is 2.67 bits per heavy atom. The minimum absolute atomic E-state index is 0.536. The minimum atomic E-state index is 0.536. The lowest BCUT2D eigenvalue weighted by atomic mass is 10.4. The summed E-state index contributed by atoms with van der Waals surface area (Å²) < 4.78 is 0.917. The normalized spacial score (nSPS) is 10.1. The summed E-state index contributed by atoms with van der Waals surface area (Å²) in [5, 5.41) is 0. The van der Waals surface area contributed by atoms with Gasteiger partial charge in [-0.3, -0.25) is 0 Å². The van der Waals surface area contributed by atoms with Crippen LogP contribution >= 0.6 is 27.3 Å². The van der Waals surface area contributed by atoms with Gasteiger partial charge in [-0.2, -0.15) is 0 Å². The van der Waals surface area contributed by atoms with Gasteiger partial charge in [0.15, 0.2) is 3.92 Å². The first-order chi connectivity index (χ1) is 4.24. The summed E-state index contributed by atoms with van der Waals surface area (Å²) in [4.78, 5) is 5.34. The number of aromatic nitrogens is 1. The van der Waals surface area contributed by atoms with Gasteiger partial charge in [0.05, 0.1) is 5.69 Å². The standard InChI is InChI=1S/C5H7BrN2S/c1-3-4(2-7)8-5(6)9-3/h2,7H2,1H3. The van der Waals surface area contributed by atoms with Crippen LogP contribution in [-0.2, 0) is 6.54 Å². The van der Waals surface area contributed by atoms with Crippen LogP contribution in [0, 0.1) is 6.92 Å². The Kier molecular flexibility index (Phi) is 2.21. The van der Waals surface area contributed by atoms with Crippen molar-refractivity contribution in [3.05, 3.63) is 14.5 Å². The first kappa shape index (κ1) is 7.18. The molecule has 1 heterocycles. The van der Waals surface area contributed by atoms with Crippen LogP contribution in [0.5, 0.6) is 0 Å². The highest BCUT2D eigenvalue weighted by Gasteiger charge is 2.01. The number of aryl methyl sites for hydroxylation is 1. The molecule has 0 bridgehead atoms. The first-order valence-electron chi connectivity index (χ1n) is 2.56. The van der Waals surface area contributed by atoms with Gasteiger partial charge >= 0.3 is 0 Å². The maximum Gasteiger partial charge on any atom is 0.159 e. The summed E-state index contributed by atoms with van der Waals surface area (Å²) in [5.41, 5.74) is 6.38. The van der Waals surface area contributed by atoms with E-state index in [0.29, 0.717) is 6.54 Å². The molecule has 2 N–H and O–H groups in total. The predicted molar refractivity (Wildman–Crippen MR) is 42.4 cm³/mol. The van der Waals surface area contributed by atoms with Crippen LogP contribution in [-0.4, -0.2) is 4.98 Å². The fourth-order valence-electron chi connectivity index (χ4n) is 0.582. The second-order valence-corrected chi connectivity index (χ2v) is 4.15. The van der Waals surface area contributed by atoms with Crippen molar-refractivity contribution in [3.63, 3.8) is 0 Å². The van der Waals surface area contributed by atoms with Crippen molar-refractivity contribution in [3.8, 4) is 0 Å². The molecule has 0 saturated carbocycles. The third-order valence-electron chi connectivity index (χ3n) is 1.06. The van der Waals surface area contributed by atoms with Crippen LogP contribution in [0.2, 0.25) is 0 Å². The van der Waals surface area contributed by atoms with Gasteiger partial charge in [-0.05, 0) is 22.9 Å². The summed E-state index contributed by atoms with van der Waals surface area (Å²) in [7, 11) is 0. The van der Waals surface area contributed by atoms with Crippen molar-refractivity contribution in [1.29, 1.82) is 0 Å². The highest BCUT2D eigenvalue weighted by molar-refractivity contribution is 9.11. The molecular weight excluding hydrogens is 200 g/mol. The zero-order chi connectivity index (χ0) is 6.85. The topological polar surface area (TPSA) is 38.9 Å². The van der Waals surface area contributed by atoms with Gasteiger partial charge in [-0.25, -0.2) is 4.98 Å². The quantitative estimate of drug-likeness (QED) is 0.760. The molecule has 0 fully saturated rings. The molecule has 0 aromatic carbocycles. The van der Waals surface area contributed by atoms with Gasteiger partial charge in [0.25, 0.3) is 0 Å². The average molecular weight is 207 g/mol. The van der Waals surface area contributed by atoms with Crippen LogP contribution in [0.1, 0.15) is 10.6 Å². The molecule has 0 aliphatic heterocycles. The maximum atomic E-state index is 5.39. The smallest absolute Gasteiger partial charge is 0.159 e. The molecule has 0 amide bonds. The van der Waals surface area contributed by atoms with Gasteiger partial charge in [0.2, 0.25) is 0 Å². The van der Waals surface area contributed by atoms with Crippen molar-refractivity contribution >= 4 is 27.3 Å². The Hall–Kier alpha value is 0.0700. The zero-order valence-corrected chi connectivity index (χ0v) is 7.42. The van der Waals surface area contributed by atoms with E-state index in [-0.39, 0.29) is 0 Å². The number of halogens is 1. The highest BCUT2D eigenvalue weighted by atomic mass is 79.9. The summed E-state index contributed by atoms with van der Waals surface area (Å²) in [6.45, 7) is 2.55. The molecule has 0 saturated heterocycles. The van der Waals surface area contributed by atoms with E-state index in [1.807, 2.05) is 6.92 Å². The monoisotopic (exact) mass is 206 g/mol. The zero-order valence-electron chi connectivity index (χ0n) is 5.02. The van der Waals surface area contributed by atoms with Crippen LogP contribution in [0.3, 0.4) is 0 Å². The van der Waals surface area contributed by atoms with Crippen LogP contribution in [0.25, 0.3) is 0 Å². The van der Waals surface area contributed by atoms with Gasteiger partial charge in [-0.15, -0.1) is 11.3 Å². The van der Waals surface area contributed by atoms with E-state index in [2.05, 4.69) is 20.9 Å².